The van der Waals surface area contributed by atoms with Crippen LogP contribution in [0.25, 0.3) is 0 Å². The van der Waals surface area contributed by atoms with Gasteiger partial charge in [-0.3, -0.25) is 9.59 Å². The number of anilines is 1. The van der Waals surface area contributed by atoms with E-state index < -0.39 is 11.8 Å². The van der Waals surface area contributed by atoms with Gasteiger partial charge in [0.05, 0.1) is 12.8 Å². The van der Waals surface area contributed by atoms with Crippen molar-refractivity contribution in [2.24, 2.45) is 5.10 Å². The van der Waals surface area contributed by atoms with Crippen LogP contribution in [0.3, 0.4) is 0 Å². The Bertz CT molecular complexity index is 762. The molecule has 0 aliphatic carbocycles. The lowest BCUT2D eigenvalue weighted by molar-refractivity contribution is -0.136. The van der Waals surface area contributed by atoms with E-state index in [0.717, 1.165) is 5.56 Å². The highest BCUT2D eigenvalue weighted by atomic mass is 35.5. The zero-order valence-electron chi connectivity index (χ0n) is 13.0. The van der Waals surface area contributed by atoms with Gasteiger partial charge in [0.25, 0.3) is 0 Å². The summed E-state index contributed by atoms with van der Waals surface area (Å²) in [5.74, 6) is -1.02. The van der Waals surface area contributed by atoms with Gasteiger partial charge in [0.15, 0.2) is 0 Å². The van der Waals surface area contributed by atoms with Crippen molar-refractivity contribution in [3.8, 4) is 5.75 Å². The molecule has 6 nitrogen and oxygen atoms in total. The summed E-state index contributed by atoms with van der Waals surface area (Å²) in [5, 5.41) is 6.64. The first-order chi connectivity index (χ1) is 11.6. The Morgan fingerprint density at radius 2 is 1.96 bits per heavy atom. The number of rotatable bonds is 5. The smallest absolute Gasteiger partial charge is 0.329 e. The Balaban J connectivity index is 1.90. The number of hydrazone groups is 1. The third kappa shape index (κ3) is 5.40. The van der Waals surface area contributed by atoms with E-state index in [-0.39, 0.29) is 0 Å². The lowest BCUT2D eigenvalue weighted by atomic mass is 10.2. The molecule has 2 aromatic carbocycles. The molecule has 0 radical (unpaired) electrons. The van der Waals surface area contributed by atoms with E-state index in [1.807, 2.05) is 13.0 Å². The Labute approximate surface area is 144 Å². The lowest BCUT2D eigenvalue weighted by Gasteiger charge is -2.04. The van der Waals surface area contributed by atoms with Gasteiger partial charge in [0, 0.05) is 10.7 Å². The van der Waals surface area contributed by atoms with Gasteiger partial charge in [-0.25, -0.2) is 5.43 Å². The third-order valence-corrected chi connectivity index (χ3v) is 3.07. The van der Waals surface area contributed by atoms with Crippen LogP contribution >= 0.6 is 11.6 Å². The maximum absolute atomic E-state index is 11.7. The number of carbonyl (C=O) groups is 2. The number of nitrogens with zero attached hydrogens (tertiary/aromatic N) is 1. The van der Waals surface area contributed by atoms with Crippen LogP contribution in [0.1, 0.15) is 12.5 Å². The molecular weight excluding hydrogens is 330 g/mol. The van der Waals surface area contributed by atoms with E-state index in [0.29, 0.717) is 23.1 Å². The van der Waals surface area contributed by atoms with Crippen LogP contribution in [-0.2, 0) is 9.59 Å². The highest BCUT2D eigenvalue weighted by Crippen LogP contribution is 2.14. The lowest BCUT2D eigenvalue weighted by Crippen LogP contribution is -2.32. The van der Waals surface area contributed by atoms with Crippen molar-refractivity contribution >= 4 is 35.3 Å². The molecule has 0 bridgehead atoms. The molecule has 2 rings (SSSR count). The fourth-order valence-corrected chi connectivity index (χ4v) is 2.01. The summed E-state index contributed by atoms with van der Waals surface area (Å²) in [6.07, 6.45) is 1.42. The number of hydrogen-bond acceptors (Lipinski definition) is 4. The van der Waals surface area contributed by atoms with Gasteiger partial charge in [0.1, 0.15) is 5.75 Å². The van der Waals surface area contributed by atoms with Gasteiger partial charge in [-0.1, -0.05) is 29.8 Å². The monoisotopic (exact) mass is 345 g/mol. The molecule has 2 aromatic rings. The maximum Gasteiger partial charge on any atom is 0.329 e. The van der Waals surface area contributed by atoms with Crippen molar-refractivity contribution in [1.29, 1.82) is 0 Å². The number of nitrogens with one attached hydrogen (secondary N) is 2. The fourth-order valence-electron chi connectivity index (χ4n) is 1.82. The summed E-state index contributed by atoms with van der Waals surface area (Å²) in [6, 6.07) is 13.7. The Hall–Kier alpha value is -2.86. The van der Waals surface area contributed by atoms with Crippen LogP contribution in [0.2, 0.25) is 5.02 Å². The standard InChI is InChI=1S/C17H16ClN3O3/c1-2-24-15-8-3-5-12(9-15)11-19-21-17(23)16(22)20-14-7-4-6-13(18)10-14/h3-11H,2H2,1H3,(H,20,22)(H,21,23)/b19-11-. The molecule has 0 spiro atoms. The first-order valence-corrected chi connectivity index (χ1v) is 7.59. The molecule has 0 aliphatic rings. The molecule has 0 unspecified atom stereocenters. The molecule has 7 heteroatoms. The molecule has 0 heterocycles. The molecule has 2 amide bonds. The Morgan fingerprint density at radius 1 is 1.17 bits per heavy atom. The second kappa shape index (κ2) is 8.69. The summed E-state index contributed by atoms with van der Waals surface area (Å²) in [6.45, 7) is 2.44. The Morgan fingerprint density at radius 3 is 2.71 bits per heavy atom. The second-order valence-corrected chi connectivity index (χ2v) is 5.11. The number of ether oxygens (including phenoxy) is 1. The fraction of sp³-hybridized carbons (Fsp3) is 0.118. The van der Waals surface area contributed by atoms with Gasteiger partial charge in [-0.15, -0.1) is 0 Å². The highest BCUT2D eigenvalue weighted by Gasteiger charge is 2.12. The van der Waals surface area contributed by atoms with Crippen LogP contribution in [0, 0.1) is 0 Å². The number of benzene rings is 2. The number of halogens is 1. The minimum absolute atomic E-state index is 0.427. The summed E-state index contributed by atoms with van der Waals surface area (Å²) >= 11 is 5.81. The number of hydrogen-bond donors (Lipinski definition) is 2. The van der Waals surface area contributed by atoms with E-state index in [9.17, 15) is 9.59 Å². The van der Waals surface area contributed by atoms with E-state index in [1.165, 1.54) is 12.3 Å². The van der Waals surface area contributed by atoms with Gasteiger partial charge in [-0.2, -0.15) is 5.10 Å². The molecule has 124 valence electrons. The molecule has 0 aliphatic heterocycles. The van der Waals surface area contributed by atoms with E-state index in [2.05, 4.69) is 15.8 Å². The van der Waals surface area contributed by atoms with Crippen molar-refractivity contribution < 1.29 is 14.3 Å². The summed E-state index contributed by atoms with van der Waals surface area (Å²) in [4.78, 5) is 23.4. The largest absolute Gasteiger partial charge is 0.494 e. The predicted molar refractivity (Wildman–Crippen MR) is 93.4 cm³/mol. The zero-order valence-corrected chi connectivity index (χ0v) is 13.7. The SMILES string of the molecule is CCOc1cccc(/C=N\NC(=O)C(=O)Nc2cccc(Cl)c2)c1. The van der Waals surface area contributed by atoms with Crippen molar-refractivity contribution in [1.82, 2.24) is 5.43 Å². The molecule has 0 atom stereocenters. The van der Waals surface area contributed by atoms with Crippen LogP contribution < -0.4 is 15.5 Å². The van der Waals surface area contributed by atoms with E-state index in [1.54, 1.807) is 36.4 Å². The van der Waals surface area contributed by atoms with Crippen molar-refractivity contribution in [3.63, 3.8) is 0 Å². The van der Waals surface area contributed by atoms with Crippen molar-refractivity contribution in [2.45, 2.75) is 6.92 Å². The second-order valence-electron chi connectivity index (χ2n) is 4.67. The Kier molecular flexibility index (Phi) is 6.33. The molecule has 2 N–H and O–H groups in total. The van der Waals surface area contributed by atoms with Crippen LogP contribution in [0.15, 0.2) is 53.6 Å². The average molecular weight is 346 g/mol. The van der Waals surface area contributed by atoms with Gasteiger partial charge in [0.2, 0.25) is 0 Å². The molecule has 0 aromatic heterocycles. The highest BCUT2D eigenvalue weighted by molar-refractivity contribution is 6.39. The van der Waals surface area contributed by atoms with Crippen LogP contribution in [-0.4, -0.2) is 24.6 Å². The molecule has 24 heavy (non-hydrogen) atoms. The van der Waals surface area contributed by atoms with Gasteiger partial charge >= 0.3 is 11.8 Å². The molecule has 0 fully saturated rings. The van der Waals surface area contributed by atoms with Gasteiger partial charge in [-0.05, 0) is 42.8 Å². The zero-order chi connectivity index (χ0) is 17.4. The summed E-state index contributed by atoms with van der Waals surface area (Å²) in [5.41, 5.74) is 3.32. The third-order valence-electron chi connectivity index (χ3n) is 2.84. The van der Waals surface area contributed by atoms with Crippen molar-refractivity contribution in [3.05, 3.63) is 59.1 Å². The predicted octanol–water partition coefficient (Wildman–Crippen LogP) is 2.83. The minimum Gasteiger partial charge on any atom is -0.494 e. The normalized spacial score (nSPS) is 10.4. The van der Waals surface area contributed by atoms with Gasteiger partial charge < -0.3 is 10.1 Å². The number of carbonyl (C=O) groups excluding carboxylic acids is 2. The quantitative estimate of drug-likeness (QED) is 0.497. The maximum atomic E-state index is 11.7. The molecule has 0 saturated carbocycles. The van der Waals surface area contributed by atoms with Crippen LogP contribution in [0.5, 0.6) is 5.75 Å². The molecular formula is C17H16ClN3O3. The van der Waals surface area contributed by atoms with Crippen molar-refractivity contribution in [2.75, 3.05) is 11.9 Å². The van der Waals surface area contributed by atoms with E-state index >= 15 is 0 Å². The summed E-state index contributed by atoms with van der Waals surface area (Å²) in [7, 11) is 0. The van der Waals surface area contributed by atoms with E-state index in [4.69, 9.17) is 16.3 Å². The average Bonchev–Trinajstić information content (AvgIpc) is 2.55. The van der Waals surface area contributed by atoms with Crippen LogP contribution in [0.4, 0.5) is 5.69 Å². The number of amides is 2. The topological polar surface area (TPSA) is 79.8 Å². The molecule has 0 saturated heterocycles. The summed E-state index contributed by atoms with van der Waals surface area (Å²) < 4.78 is 5.36. The first kappa shape index (κ1) is 17.5. The first-order valence-electron chi connectivity index (χ1n) is 7.21. The minimum atomic E-state index is -0.882.